The molecule has 11 N–H and O–H groups in total. The highest BCUT2D eigenvalue weighted by Gasteiger charge is 2.40. The van der Waals surface area contributed by atoms with Crippen LogP contribution in [0.15, 0.2) is 20.5 Å². The van der Waals surface area contributed by atoms with E-state index in [1.807, 2.05) is 0 Å². The smallest absolute Gasteiger partial charge is 0.308 e. The van der Waals surface area contributed by atoms with Gasteiger partial charge in [0.1, 0.15) is 18.9 Å². The van der Waals surface area contributed by atoms with Crippen LogP contribution >= 0.6 is 12.0 Å². The maximum absolute atomic E-state index is 12.0. The number of aliphatic carboxylic acids is 3. The van der Waals surface area contributed by atoms with Gasteiger partial charge in [0.15, 0.2) is 0 Å². The Hall–Kier alpha value is -2.48. The number of azo groups is 2. The third-order valence-electron chi connectivity index (χ3n) is 11.9. The molecule has 4 aliphatic carbocycles. The van der Waals surface area contributed by atoms with E-state index in [4.69, 9.17) is 9.99 Å². The number of carbonyl (C=O) groups is 3. The highest BCUT2D eigenvalue weighted by atomic mass is 32.2. The molecule has 0 bridgehead atoms. The Kier molecular flexibility index (Phi) is 17.6. The summed E-state index contributed by atoms with van der Waals surface area (Å²) in [6.45, 7) is 2.49. The van der Waals surface area contributed by atoms with Crippen LogP contribution in [-0.4, -0.2) is 130 Å². The first-order chi connectivity index (χ1) is 27.0. The van der Waals surface area contributed by atoms with Crippen molar-refractivity contribution in [3.05, 3.63) is 0 Å². The molecule has 1 aliphatic heterocycles. The van der Waals surface area contributed by atoms with Crippen molar-refractivity contribution < 1.29 is 54.2 Å². The molecule has 318 valence electrons. The lowest BCUT2D eigenvalue weighted by Crippen LogP contribution is -2.79. The molecule has 5 rings (SSSR count). The fraction of sp³-hybridized carbons (Fsp3) is 0.912. The number of carboxylic acid groups (broad SMARTS) is 3. The monoisotopic (exact) mass is 816 g/mol. The number of aliphatic hydroxyl groups is 1. The van der Waals surface area contributed by atoms with E-state index < -0.39 is 47.7 Å². The fourth-order valence-electron chi connectivity index (χ4n) is 8.81. The molecule has 1 saturated heterocycles. The minimum absolute atomic E-state index is 0.0188. The normalized spacial score (nSPS) is 39.8. The van der Waals surface area contributed by atoms with E-state index in [0.29, 0.717) is 32.2 Å². The van der Waals surface area contributed by atoms with Crippen molar-refractivity contribution in [1.82, 2.24) is 31.9 Å². The van der Waals surface area contributed by atoms with Gasteiger partial charge in [-0.1, -0.05) is 12.0 Å². The second kappa shape index (κ2) is 22.0. The van der Waals surface area contributed by atoms with E-state index in [-0.39, 0.29) is 86.2 Å². The van der Waals surface area contributed by atoms with E-state index in [1.54, 1.807) is 7.11 Å². The summed E-state index contributed by atoms with van der Waals surface area (Å²) in [5, 5.41) is 89.7. The Labute approximate surface area is 330 Å². The molecule has 5 fully saturated rings. The molecule has 21 nitrogen and oxygen atoms in total. The first-order valence-electron chi connectivity index (χ1n) is 19.7. The van der Waals surface area contributed by atoms with Crippen molar-refractivity contribution in [3.8, 4) is 0 Å². The summed E-state index contributed by atoms with van der Waals surface area (Å²) in [5.41, 5.74) is 0. The molecule has 1 heterocycles. The van der Waals surface area contributed by atoms with Gasteiger partial charge in [-0.2, -0.15) is 20.5 Å². The number of nitrogens with zero attached hydrogens (tertiary/aromatic N) is 4. The largest absolute Gasteiger partial charge is 0.481 e. The van der Waals surface area contributed by atoms with Crippen LogP contribution in [0.5, 0.6) is 0 Å². The molecule has 0 aromatic heterocycles. The van der Waals surface area contributed by atoms with Crippen LogP contribution in [-0.2, 0) is 28.5 Å². The molecule has 0 aromatic rings. The summed E-state index contributed by atoms with van der Waals surface area (Å²) in [5.74, 6) is -4.90. The first-order valence-corrected chi connectivity index (χ1v) is 20.6. The van der Waals surface area contributed by atoms with Crippen LogP contribution in [0.3, 0.4) is 0 Å². The van der Waals surface area contributed by atoms with Gasteiger partial charge >= 0.3 is 17.9 Å². The van der Waals surface area contributed by atoms with Crippen LogP contribution in [0.4, 0.5) is 0 Å². The summed E-state index contributed by atoms with van der Waals surface area (Å²) >= 11 is 0.916. The average Bonchev–Trinajstić information content (AvgIpc) is 3.18. The lowest BCUT2D eigenvalue weighted by molar-refractivity contribution is -0.432. The highest BCUT2D eigenvalue weighted by Crippen LogP contribution is 2.36. The minimum atomic E-state index is -0.999. The van der Waals surface area contributed by atoms with Gasteiger partial charge in [0.2, 0.25) is 0 Å². The zero-order valence-electron chi connectivity index (χ0n) is 31.9. The van der Waals surface area contributed by atoms with Crippen molar-refractivity contribution in [2.24, 2.45) is 44.1 Å². The van der Waals surface area contributed by atoms with E-state index >= 15 is 0 Å². The summed E-state index contributed by atoms with van der Waals surface area (Å²) in [4.78, 5) is 35.3. The Bertz CT molecular complexity index is 1320. The van der Waals surface area contributed by atoms with Crippen molar-refractivity contribution in [2.75, 3.05) is 20.3 Å². The number of ether oxygens (including phenoxy) is 1. The molecule has 14 atom stereocenters. The maximum atomic E-state index is 12.0. The minimum Gasteiger partial charge on any atom is -0.481 e. The molecule has 0 spiro atoms. The number of methoxy groups -OCH3 is 1. The molecule has 0 radical (unpaired) electrons. The van der Waals surface area contributed by atoms with Gasteiger partial charge in [0.05, 0.1) is 54.6 Å². The molecule has 56 heavy (non-hydrogen) atoms. The van der Waals surface area contributed by atoms with Gasteiger partial charge in [0, 0.05) is 43.0 Å². The zero-order chi connectivity index (χ0) is 40.2. The third-order valence-corrected chi connectivity index (χ3v) is 12.7. The summed E-state index contributed by atoms with van der Waals surface area (Å²) in [6, 6.07) is -0.882. The van der Waals surface area contributed by atoms with Gasteiger partial charge in [0.25, 0.3) is 0 Å². The maximum Gasteiger partial charge on any atom is 0.308 e. The van der Waals surface area contributed by atoms with Gasteiger partial charge in [-0.3, -0.25) is 46.3 Å². The van der Waals surface area contributed by atoms with Crippen LogP contribution in [0.2, 0.25) is 0 Å². The molecule has 4 saturated carbocycles. The van der Waals surface area contributed by atoms with E-state index in [9.17, 15) is 34.8 Å². The topological polar surface area (TPSA) is 302 Å². The highest BCUT2D eigenvalue weighted by molar-refractivity contribution is 7.95. The Morgan fingerprint density at radius 2 is 1.39 bits per heavy atom. The molecular weight excluding hydrogens is 757 g/mol. The van der Waals surface area contributed by atoms with Crippen LogP contribution in [0.25, 0.3) is 0 Å². The van der Waals surface area contributed by atoms with E-state index in [2.05, 4.69) is 68.7 Å². The van der Waals surface area contributed by atoms with Gasteiger partial charge in [-0.05, 0) is 83.0 Å². The van der Waals surface area contributed by atoms with Gasteiger partial charge in [-0.15, -0.1) is 4.33 Å². The number of carboxylic acids is 3. The number of aliphatic hydroxyl groups excluding tert-OH is 1. The Balaban J connectivity index is 1.11. The predicted octanol–water partition coefficient (Wildman–Crippen LogP) is 1.42. The van der Waals surface area contributed by atoms with Crippen molar-refractivity contribution >= 4 is 30.0 Å². The Morgan fingerprint density at radius 1 is 0.732 bits per heavy atom. The molecule has 0 aromatic carbocycles. The van der Waals surface area contributed by atoms with Crippen molar-refractivity contribution in [1.29, 1.82) is 0 Å². The lowest BCUT2D eigenvalue weighted by Gasteiger charge is -2.44. The summed E-state index contributed by atoms with van der Waals surface area (Å²) in [7, 11) is 1.66. The van der Waals surface area contributed by atoms with Gasteiger partial charge in [-0.25, -0.2) is 5.26 Å². The third kappa shape index (κ3) is 13.0. The number of nitrogens with one attached hydrogen (secondary N) is 6. The van der Waals surface area contributed by atoms with Crippen LogP contribution in [0.1, 0.15) is 84.0 Å². The fourth-order valence-corrected chi connectivity index (χ4v) is 9.47. The second-order valence-electron chi connectivity index (χ2n) is 15.8. The van der Waals surface area contributed by atoms with E-state index in [1.165, 1.54) is 0 Å². The summed E-state index contributed by atoms with van der Waals surface area (Å²) < 4.78 is 10.4. The molecular formula is C34H60N10O11S. The number of rotatable bonds is 18. The molecule has 14 unspecified atom stereocenters. The van der Waals surface area contributed by atoms with Crippen LogP contribution in [0, 0.1) is 23.7 Å². The van der Waals surface area contributed by atoms with Crippen molar-refractivity contribution in [2.45, 2.75) is 150 Å². The summed E-state index contributed by atoms with van der Waals surface area (Å²) in [6.07, 6.45) is 5.62. The first kappa shape index (κ1) is 44.6. The molecule has 22 heteroatoms. The SMILES string of the molecule is COC1CC(N=NC2CC(C(=O)O)CC(C(=O)O)C2)CCC1NC1NC(NCCO)NC(NC2CCC(N=NC3CCC(SOOO)CC3C(=O)O)C(C)C2)N1. The van der Waals surface area contributed by atoms with Gasteiger partial charge < -0.3 is 25.2 Å². The van der Waals surface area contributed by atoms with E-state index in [0.717, 1.165) is 44.1 Å². The number of hydrogen-bond donors (Lipinski definition) is 11. The Morgan fingerprint density at radius 3 is 2.04 bits per heavy atom. The average molecular weight is 817 g/mol. The standard InChI is InChI=1S/C34H60N10O11S/c1-17-11-20(3-6-25(17)43-44-26-8-5-23(56-55-54-52)16-24(26)31(50)51)36-33-38-32(35-9-10-45)39-34(40-33)37-27-7-4-21(15-28(27)53-2)41-42-22-13-18(29(46)47)12-19(14-22)30(48)49/h17-28,32-40,45,52H,3-16H2,1-2H3,(H,46,47)(H,48,49)(H,50,51). The zero-order valence-corrected chi connectivity index (χ0v) is 32.8. The van der Waals surface area contributed by atoms with Crippen molar-refractivity contribution in [3.63, 3.8) is 0 Å². The number of hydrogen-bond acceptors (Lipinski definition) is 19. The lowest BCUT2D eigenvalue weighted by atomic mass is 9.79. The van der Waals surface area contributed by atoms with Crippen LogP contribution < -0.4 is 31.9 Å². The molecule has 0 amide bonds. The second-order valence-corrected chi connectivity index (χ2v) is 16.8. The quantitative estimate of drug-likeness (QED) is 0.0403. The molecule has 5 aliphatic rings. The predicted molar refractivity (Wildman–Crippen MR) is 199 cm³/mol.